The van der Waals surface area contributed by atoms with E-state index in [-0.39, 0.29) is 19.6 Å². The van der Waals surface area contributed by atoms with Gasteiger partial charge in [0, 0.05) is 19.6 Å². The second-order valence-electron chi connectivity index (χ2n) is 5.96. The van der Waals surface area contributed by atoms with Crippen molar-refractivity contribution in [1.82, 2.24) is 15.1 Å². The third kappa shape index (κ3) is 4.87. The molecule has 0 saturated carbocycles. The van der Waals surface area contributed by atoms with Gasteiger partial charge in [-0.15, -0.1) is 0 Å². The lowest BCUT2D eigenvalue weighted by atomic mass is 10.2. The monoisotopic (exact) mass is 333 g/mol. The van der Waals surface area contributed by atoms with Crippen molar-refractivity contribution in [2.45, 2.75) is 39.3 Å². The number of hydrogen-bond donors (Lipinski definition) is 1. The quantitative estimate of drug-likeness (QED) is 0.471. The van der Waals surface area contributed by atoms with Gasteiger partial charge in [-0.05, 0) is 39.3 Å². The SMILES string of the molecule is CC1CN(CCNC(=O)OC(C)(C)C)C(=O)C(=O)N1C(=O)Cl. The summed E-state index contributed by atoms with van der Waals surface area (Å²) in [6.07, 6.45) is -0.603. The fourth-order valence-electron chi connectivity index (χ4n) is 1.98. The smallest absolute Gasteiger partial charge is 0.407 e. The number of carbonyl (C=O) groups is 4. The number of ether oxygens (including phenoxy) is 1. The largest absolute Gasteiger partial charge is 0.444 e. The Morgan fingerprint density at radius 3 is 2.41 bits per heavy atom. The van der Waals surface area contributed by atoms with Crippen LogP contribution in [0.2, 0.25) is 0 Å². The molecule has 1 atom stereocenters. The first-order chi connectivity index (χ1) is 10.0. The van der Waals surface area contributed by atoms with E-state index in [4.69, 9.17) is 16.3 Å². The summed E-state index contributed by atoms with van der Waals surface area (Å²) < 4.78 is 5.05. The Kier molecular flexibility index (Phi) is 5.76. The standard InChI is InChI=1S/C13H20ClN3O5/c1-8-7-16(9(18)10(19)17(8)11(14)20)6-5-15-12(21)22-13(2,3)4/h8H,5-7H2,1-4H3,(H,15,21). The van der Waals surface area contributed by atoms with Gasteiger partial charge in [0.1, 0.15) is 5.60 Å². The third-order valence-electron chi connectivity index (χ3n) is 2.85. The molecule has 1 heterocycles. The van der Waals surface area contributed by atoms with Gasteiger partial charge in [-0.1, -0.05) is 0 Å². The number of carbonyl (C=O) groups excluding carboxylic acids is 4. The lowest BCUT2D eigenvalue weighted by Gasteiger charge is -2.36. The number of imide groups is 1. The number of nitrogens with one attached hydrogen (secondary N) is 1. The van der Waals surface area contributed by atoms with Crippen molar-refractivity contribution in [3.8, 4) is 0 Å². The zero-order chi connectivity index (χ0) is 17.1. The highest BCUT2D eigenvalue weighted by atomic mass is 35.5. The fraction of sp³-hybridized carbons (Fsp3) is 0.692. The van der Waals surface area contributed by atoms with Crippen molar-refractivity contribution in [3.63, 3.8) is 0 Å². The molecule has 1 fully saturated rings. The minimum absolute atomic E-state index is 0.134. The Morgan fingerprint density at radius 2 is 1.91 bits per heavy atom. The average Bonchev–Trinajstić information content (AvgIpc) is 2.32. The molecule has 1 unspecified atom stereocenters. The predicted octanol–water partition coefficient (Wildman–Crippen LogP) is 0.929. The molecule has 8 nitrogen and oxygen atoms in total. The van der Waals surface area contributed by atoms with E-state index in [0.29, 0.717) is 0 Å². The van der Waals surface area contributed by atoms with E-state index < -0.39 is 34.9 Å². The summed E-state index contributed by atoms with van der Waals surface area (Å²) in [5.41, 5.74) is -0.614. The maximum atomic E-state index is 11.9. The second kappa shape index (κ2) is 6.95. The summed E-state index contributed by atoms with van der Waals surface area (Å²) in [6, 6.07) is -0.517. The Labute approximate surface area is 133 Å². The first-order valence-corrected chi connectivity index (χ1v) is 7.19. The van der Waals surface area contributed by atoms with E-state index in [0.717, 1.165) is 4.90 Å². The van der Waals surface area contributed by atoms with Gasteiger partial charge in [0.25, 0.3) is 0 Å². The minimum Gasteiger partial charge on any atom is -0.444 e. The highest BCUT2D eigenvalue weighted by molar-refractivity contribution is 6.65. The molecule has 22 heavy (non-hydrogen) atoms. The lowest BCUT2D eigenvalue weighted by Crippen LogP contribution is -2.60. The van der Waals surface area contributed by atoms with Crippen molar-refractivity contribution in [1.29, 1.82) is 0 Å². The van der Waals surface area contributed by atoms with Gasteiger partial charge in [0.2, 0.25) is 0 Å². The van der Waals surface area contributed by atoms with E-state index in [1.54, 1.807) is 27.7 Å². The molecule has 124 valence electrons. The molecule has 1 saturated heterocycles. The maximum Gasteiger partial charge on any atom is 0.407 e. The van der Waals surface area contributed by atoms with Gasteiger partial charge in [-0.3, -0.25) is 19.3 Å². The van der Waals surface area contributed by atoms with E-state index in [2.05, 4.69) is 5.32 Å². The zero-order valence-electron chi connectivity index (χ0n) is 13.0. The van der Waals surface area contributed by atoms with Crippen LogP contribution in [0.1, 0.15) is 27.7 Å². The minimum atomic E-state index is -0.975. The van der Waals surface area contributed by atoms with Crippen LogP contribution in [0.15, 0.2) is 0 Å². The van der Waals surface area contributed by atoms with Crippen LogP contribution in [0.5, 0.6) is 0 Å². The van der Waals surface area contributed by atoms with E-state index in [1.165, 1.54) is 4.90 Å². The van der Waals surface area contributed by atoms with Crippen molar-refractivity contribution >= 4 is 34.9 Å². The summed E-state index contributed by atoms with van der Waals surface area (Å²) >= 11 is 5.29. The van der Waals surface area contributed by atoms with E-state index in [1.807, 2.05) is 0 Å². The Balaban J connectivity index is 2.51. The Bertz CT molecular complexity index is 489. The lowest BCUT2D eigenvalue weighted by molar-refractivity contribution is -0.155. The highest BCUT2D eigenvalue weighted by Crippen LogP contribution is 2.14. The van der Waals surface area contributed by atoms with Crippen LogP contribution in [0.4, 0.5) is 9.59 Å². The topological polar surface area (TPSA) is 96.0 Å². The van der Waals surface area contributed by atoms with Gasteiger partial charge in [0.05, 0.1) is 6.04 Å². The Morgan fingerprint density at radius 1 is 1.32 bits per heavy atom. The molecule has 1 rings (SSSR count). The van der Waals surface area contributed by atoms with Crippen LogP contribution in [0, 0.1) is 0 Å². The molecule has 0 radical (unpaired) electrons. The van der Waals surface area contributed by atoms with E-state index >= 15 is 0 Å². The molecule has 1 aliphatic rings. The molecule has 0 aromatic heterocycles. The van der Waals surface area contributed by atoms with Gasteiger partial charge in [-0.2, -0.15) is 0 Å². The van der Waals surface area contributed by atoms with Gasteiger partial charge < -0.3 is 15.0 Å². The first-order valence-electron chi connectivity index (χ1n) is 6.81. The van der Waals surface area contributed by atoms with Crippen molar-refractivity contribution in [3.05, 3.63) is 0 Å². The summed E-state index contributed by atoms with van der Waals surface area (Å²) in [6.45, 7) is 7.25. The molecule has 0 bridgehead atoms. The number of alkyl carbamates (subject to hydrolysis) is 1. The number of piperazine rings is 1. The number of amides is 4. The zero-order valence-corrected chi connectivity index (χ0v) is 13.8. The number of hydrogen-bond acceptors (Lipinski definition) is 5. The van der Waals surface area contributed by atoms with Crippen LogP contribution in [0.25, 0.3) is 0 Å². The van der Waals surface area contributed by atoms with Crippen molar-refractivity contribution < 1.29 is 23.9 Å². The third-order valence-corrected chi connectivity index (χ3v) is 3.04. The van der Waals surface area contributed by atoms with Crippen LogP contribution in [-0.4, -0.2) is 64.4 Å². The molecular formula is C13H20ClN3O5. The van der Waals surface area contributed by atoms with Crippen molar-refractivity contribution in [2.75, 3.05) is 19.6 Å². The molecule has 4 amide bonds. The van der Waals surface area contributed by atoms with Gasteiger partial charge in [0.15, 0.2) is 0 Å². The van der Waals surface area contributed by atoms with Crippen LogP contribution < -0.4 is 5.32 Å². The van der Waals surface area contributed by atoms with Gasteiger partial charge >= 0.3 is 23.3 Å². The highest BCUT2D eigenvalue weighted by Gasteiger charge is 2.39. The molecule has 1 aliphatic heterocycles. The molecule has 0 spiro atoms. The average molecular weight is 334 g/mol. The van der Waals surface area contributed by atoms with Crippen molar-refractivity contribution in [2.24, 2.45) is 0 Å². The molecule has 1 N–H and O–H groups in total. The van der Waals surface area contributed by atoms with Crippen LogP contribution >= 0.6 is 11.6 Å². The maximum absolute atomic E-state index is 11.9. The van der Waals surface area contributed by atoms with Crippen LogP contribution in [-0.2, 0) is 14.3 Å². The number of rotatable bonds is 3. The Hall–Kier alpha value is -1.83. The summed E-state index contributed by atoms with van der Waals surface area (Å²) in [4.78, 5) is 48.3. The first kappa shape index (κ1) is 18.2. The fourth-order valence-corrected chi connectivity index (χ4v) is 2.22. The summed E-state index contributed by atoms with van der Waals surface area (Å²) in [7, 11) is 0. The van der Waals surface area contributed by atoms with Gasteiger partial charge in [-0.25, -0.2) is 4.79 Å². The predicted molar refractivity (Wildman–Crippen MR) is 78.4 cm³/mol. The molecule has 0 aromatic carbocycles. The second-order valence-corrected chi connectivity index (χ2v) is 6.28. The normalized spacial score (nSPS) is 19.2. The summed E-state index contributed by atoms with van der Waals surface area (Å²) in [5, 5.41) is 1.52. The number of nitrogens with zero attached hydrogens (tertiary/aromatic N) is 2. The number of halogens is 1. The molecule has 9 heteroatoms. The molecule has 0 aromatic rings. The molecular weight excluding hydrogens is 314 g/mol. The van der Waals surface area contributed by atoms with Crippen LogP contribution in [0.3, 0.4) is 0 Å². The summed E-state index contributed by atoms with van der Waals surface area (Å²) in [5.74, 6) is -1.78. The van der Waals surface area contributed by atoms with E-state index in [9.17, 15) is 19.2 Å². The molecule has 0 aliphatic carbocycles.